The number of ether oxygens (including phenoxy) is 1. The highest BCUT2D eigenvalue weighted by Crippen LogP contribution is 2.25. The fourth-order valence-electron chi connectivity index (χ4n) is 3.45. The largest absolute Gasteiger partial charge is 0.497 e. The molecular formula is C24H21Cl2N3O2. The van der Waals surface area contributed by atoms with Crippen molar-refractivity contribution < 1.29 is 9.53 Å². The first-order valence-corrected chi connectivity index (χ1v) is 10.6. The number of carbonyl (C=O) groups excluding carboxylic acids is 1. The number of imidazole rings is 1. The van der Waals surface area contributed by atoms with Crippen molar-refractivity contribution in [3.05, 3.63) is 88.2 Å². The van der Waals surface area contributed by atoms with Crippen molar-refractivity contribution >= 4 is 45.8 Å². The molecule has 0 spiro atoms. The fraction of sp³-hybridized carbons (Fsp3) is 0.167. The summed E-state index contributed by atoms with van der Waals surface area (Å²) in [6.45, 7) is 0.513. The second kappa shape index (κ2) is 9.41. The maximum absolute atomic E-state index is 12.5. The third-order valence-electron chi connectivity index (χ3n) is 5.02. The van der Waals surface area contributed by atoms with Crippen LogP contribution in [0.4, 0.5) is 5.69 Å². The smallest absolute Gasteiger partial charge is 0.226 e. The Kier molecular flexibility index (Phi) is 6.44. The highest BCUT2D eigenvalue weighted by Gasteiger charge is 2.13. The average molecular weight is 454 g/mol. The first-order valence-electron chi connectivity index (χ1n) is 9.85. The number of carbonyl (C=O) groups is 1. The predicted octanol–water partition coefficient (Wildman–Crippen LogP) is 5.97. The van der Waals surface area contributed by atoms with Gasteiger partial charge in [-0.05, 0) is 54.1 Å². The molecule has 1 heterocycles. The van der Waals surface area contributed by atoms with Gasteiger partial charge in [0.05, 0.1) is 28.2 Å². The number of para-hydroxylation sites is 2. The van der Waals surface area contributed by atoms with Crippen LogP contribution < -0.4 is 10.1 Å². The van der Waals surface area contributed by atoms with E-state index in [1.54, 1.807) is 13.2 Å². The molecule has 4 rings (SSSR count). The molecule has 0 radical (unpaired) electrons. The fourth-order valence-corrected chi connectivity index (χ4v) is 3.77. The number of fused-ring (bicyclic) bond motifs is 1. The molecule has 7 heteroatoms. The Labute approximate surface area is 190 Å². The Bertz CT molecular complexity index is 1220. The number of methoxy groups -OCH3 is 1. The van der Waals surface area contributed by atoms with Crippen LogP contribution in [0.3, 0.4) is 0 Å². The van der Waals surface area contributed by atoms with Crippen LogP contribution in [0.5, 0.6) is 5.75 Å². The van der Waals surface area contributed by atoms with Gasteiger partial charge in [-0.2, -0.15) is 0 Å². The third kappa shape index (κ3) is 5.01. The minimum Gasteiger partial charge on any atom is -0.497 e. The van der Waals surface area contributed by atoms with E-state index in [0.29, 0.717) is 29.4 Å². The molecule has 158 valence electrons. The van der Waals surface area contributed by atoms with Crippen LogP contribution in [0.15, 0.2) is 66.7 Å². The van der Waals surface area contributed by atoms with E-state index in [2.05, 4.69) is 9.88 Å². The molecule has 0 bridgehead atoms. The van der Waals surface area contributed by atoms with Gasteiger partial charge in [0.2, 0.25) is 5.91 Å². The Morgan fingerprint density at radius 1 is 1.03 bits per heavy atom. The van der Waals surface area contributed by atoms with Gasteiger partial charge in [0.1, 0.15) is 11.6 Å². The van der Waals surface area contributed by atoms with Crippen molar-refractivity contribution in [2.45, 2.75) is 19.4 Å². The van der Waals surface area contributed by atoms with E-state index < -0.39 is 0 Å². The summed E-state index contributed by atoms with van der Waals surface area (Å²) in [5.74, 6) is 1.55. The summed E-state index contributed by atoms with van der Waals surface area (Å²) in [5, 5.41) is 3.96. The van der Waals surface area contributed by atoms with Crippen molar-refractivity contribution in [2.24, 2.45) is 0 Å². The molecule has 0 saturated heterocycles. The van der Waals surface area contributed by atoms with Gasteiger partial charge >= 0.3 is 0 Å². The minimum atomic E-state index is -0.0663. The molecule has 0 atom stereocenters. The zero-order chi connectivity index (χ0) is 21.8. The van der Waals surface area contributed by atoms with Crippen LogP contribution in [-0.2, 0) is 17.8 Å². The SMILES string of the molecule is COc1ccc(NC(=O)CCn2c(Cc3ccc(Cl)c(Cl)c3)nc3ccccc32)cc1. The summed E-state index contributed by atoms with van der Waals surface area (Å²) in [6, 6.07) is 20.8. The maximum Gasteiger partial charge on any atom is 0.226 e. The van der Waals surface area contributed by atoms with Gasteiger partial charge in [-0.15, -0.1) is 0 Å². The lowest BCUT2D eigenvalue weighted by atomic mass is 10.1. The van der Waals surface area contributed by atoms with Crippen molar-refractivity contribution in [3.63, 3.8) is 0 Å². The summed E-state index contributed by atoms with van der Waals surface area (Å²) in [4.78, 5) is 17.3. The molecule has 4 aromatic rings. The average Bonchev–Trinajstić information content (AvgIpc) is 3.12. The molecule has 1 N–H and O–H groups in total. The van der Waals surface area contributed by atoms with E-state index in [0.717, 1.165) is 33.9 Å². The van der Waals surface area contributed by atoms with Gasteiger partial charge < -0.3 is 14.6 Å². The molecule has 31 heavy (non-hydrogen) atoms. The van der Waals surface area contributed by atoms with E-state index in [-0.39, 0.29) is 5.91 Å². The number of aryl methyl sites for hydroxylation is 1. The number of aromatic nitrogens is 2. The molecule has 0 saturated carbocycles. The standard InChI is InChI=1S/C24H21Cl2N3O2/c1-31-18-9-7-17(8-10-18)27-24(30)12-13-29-22-5-3-2-4-21(22)28-23(29)15-16-6-11-19(25)20(26)14-16/h2-11,14H,12-13,15H2,1H3,(H,27,30). The second-order valence-electron chi connectivity index (χ2n) is 7.12. The number of hydrogen-bond acceptors (Lipinski definition) is 3. The van der Waals surface area contributed by atoms with E-state index in [4.69, 9.17) is 32.9 Å². The Balaban J connectivity index is 1.52. The van der Waals surface area contributed by atoms with E-state index in [9.17, 15) is 4.79 Å². The minimum absolute atomic E-state index is 0.0663. The Morgan fingerprint density at radius 3 is 2.55 bits per heavy atom. The zero-order valence-electron chi connectivity index (χ0n) is 16.9. The van der Waals surface area contributed by atoms with Crippen LogP contribution in [0.1, 0.15) is 17.8 Å². The normalized spacial score (nSPS) is 10.9. The molecule has 0 unspecified atom stereocenters. The molecule has 0 aliphatic heterocycles. The number of hydrogen-bond donors (Lipinski definition) is 1. The zero-order valence-corrected chi connectivity index (χ0v) is 18.5. The van der Waals surface area contributed by atoms with Crippen LogP contribution in [0.2, 0.25) is 10.0 Å². The van der Waals surface area contributed by atoms with E-state index in [1.165, 1.54) is 0 Å². The number of nitrogens with one attached hydrogen (secondary N) is 1. The molecule has 0 aliphatic rings. The lowest BCUT2D eigenvalue weighted by Gasteiger charge is -2.11. The molecule has 5 nitrogen and oxygen atoms in total. The van der Waals surface area contributed by atoms with Crippen LogP contribution >= 0.6 is 23.2 Å². The van der Waals surface area contributed by atoms with Crippen molar-refractivity contribution in [1.29, 1.82) is 0 Å². The topological polar surface area (TPSA) is 56.1 Å². The summed E-state index contributed by atoms with van der Waals surface area (Å²) >= 11 is 12.2. The van der Waals surface area contributed by atoms with Crippen LogP contribution in [0, 0.1) is 0 Å². The van der Waals surface area contributed by atoms with Gasteiger partial charge in [0.15, 0.2) is 0 Å². The lowest BCUT2D eigenvalue weighted by molar-refractivity contribution is -0.116. The molecule has 1 aromatic heterocycles. The van der Waals surface area contributed by atoms with Crippen molar-refractivity contribution in [2.75, 3.05) is 12.4 Å². The highest BCUT2D eigenvalue weighted by molar-refractivity contribution is 6.42. The predicted molar refractivity (Wildman–Crippen MR) is 125 cm³/mol. The molecule has 3 aromatic carbocycles. The first kappa shape index (κ1) is 21.2. The third-order valence-corrected chi connectivity index (χ3v) is 5.76. The number of amides is 1. The van der Waals surface area contributed by atoms with Crippen molar-refractivity contribution in [3.8, 4) is 5.75 Å². The maximum atomic E-state index is 12.5. The molecule has 1 amide bonds. The number of benzene rings is 3. The Morgan fingerprint density at radius 2 is 1.81 bits per heavy atom. The van der Waals surface area contributed by atoms with Crippen LogP contribution in [-0.4, -0.2) is 22.6 Å². The van der Waals surface area contributed by atoms with Gasteiger partial charge in [0, 0.05) is 25.1 Å². The summed E-state index contributed by atoms with van der Waals surface area (Å²) in [6.07, 6.45) is 0.909. The summed E-state index contributed by atoms with van der Waals surface area (Å²) in [5.41, 5.74) is 3.63. The van der Waals surface area contributed by atoms with Gasteiger partial charge in [-0.25, -0.2) is 4.98 Å². The van der Waals surface area contributed by atoms with Gasteiger partial charge in [-0.1, -0.05) is 41.4 Å². The molecule has 0 aliphatic carbocycles. The molecule has 0 fully saturated rings. The van der Waals surface area contributed by atoms with E-state index in [1.807, 2.05) is 60.7 Å². The summed E-state index contributed by atoms with van der Waals surface area (Å²) in [7, 11) is 1.61. The number of anilines is 1. The highest BCUT2D eigenvalue weighted by atomic mass is 35.5. The number of rotatable bonds is 7. The van der Waals surface area contributed by atoms with E-state index >= 15 is 0 Å². The van der Waals surface area contributed by atoms with Crippen molar-refractivity contribution in [1.82, 2.24) is 9.55 Å². The monoisotopic (exact) mass is 453 g/mol. The summed E-state index contributed by atoms with van der Waals surface area (Å²) < 4.78 is 7.24. The second-order valence-corrected chi connectivity index (χ2v) is 7.93. The van der Waals surface area contributed by atoms with Gasteiger partial charge in [0.25, 0.3) is 0 Å². The quantitative estimate of drug-likeness (QED) is 0.374. The lowest BCUT2D eigenvalue weighted by Crippen LogP contribution is -2.15. The van der Waals surface area contributed by atoms with Gasteiger partial charge in [-0.3, -0.25) is 4.79 Å². The molecular weight excluding hydrogens is 433 g/mol. The number of halogens is 2. The Hall–Kier alpha value is -3.02. The number of nitrogens with zero attached hydrogens (tertiary/aromatic N) is 2. The first-order chi connectivity index (χ1) is 15.0. The van der Waals surface area contributed by atoms with Crippen LogP contribution in [0.25, 0.3) is 11.0 Å².